The van der Waals surface area contributed by atoms with Gasteiger partial charge in [-0.05, 0) is 49.3 Å². The summed E-state index contributed by atoms with van der Waals surface area (Å²) in [5.74, 6) is 0. The highest BCUT2D eigenvalue weighted by Crippen LogP contribution is 2.31. The first-order valence-electron chi connectivity index (χ1n) is 9.01. The van der Waals surface area contributed by atoms with E-state index in [4.69, 9.17) is 12.2 Å². The maximum absolute atomic E-state index is 13.3. The standard InChI is InChI=1S/C21H23NO2S3/c1-17-10-12-19(13-11-17)27(23,24)20(18-8-4-2-5-9-18)16-26-21(25)22-14-6-3-7-15-22/h2,4-5,8-13,16H,3,6-7,14-15H2,1H3/b20-16-. The van der Waals surface area contributed by atoms with E-state index in [1.54, 1.807) is 17.5 Å². The number of thioether (sulfide) groups is 1. The number of thiocarbonyl (C=S) groups is 1. The van der Waals surface area contributed by atoms with Gasteiger partial charge in [0.2, 0.25) is 9.84 Å². The lowest BCUT2D eigenvalue weighted by Crippen LogP contribution is -2.32. The Hall–Kier alpha value is -1.63. The Morgan fingerprint density at radius 1 is 1.00 bits per heavy atom. The molecule has 0 amide bonds. The second-order valence-electron chi connectivity index (χ2n) is 6.60. The second kappa shape index (κ2) is 9.04. The van der Waals surface area contributed by atoms with Crippen LogP contribution in [-0.4, -0.2) is 30.7 Å². The van der Waals surface area contributed by atoms with E-state index in [0.29, 0.717) is 10.5 Å². The van der Waals surface area contributed by atoms with Gasteiger partial charge in [-0.15, -0.1) is 0 Å². The summed E-state index contributed by atoms with van der Waals surface area (Å²) in [5, 5.41) is 1.70. The van der Waals surface area contributed by atoms with Crippen LogP contribution in [0.3, 0.4) is 0 Å². The molecule has 2 aromatic rings. The van der Waals surface area contributed by atoms with Gasteiger partial charge in [0.05, 0.1) is 9.80 Å². The van der Waals surface area contributed by atoms with Crippen molar-refractivity contribution in [3.8, 4) is 0 Å². The van der Waals surface area contributed by atoms with Gasteiger partial charge < -0.3 is 4.90 Å². The molecule has 0 atom stereocenters. The molecular weight excluding hydrogens is 394 g/mol. The quantitative estimate of drug-likeness (QED) is 0.634. The van der Waals surface area contributed by atoms with Gasteiger partial charge in [-0.3, -0.25) is 0 Å². The first-order valence-corrected chi connectivity index (χ1v) is 11.8. The van der Waals surface area contributed by atoms with E-state index in [1.165, 1.54) is 18.2 Å². The van der Waals surface area contributed by atoms with Gasteiger partial charge in [0.1, 0.15) is 4.32 Å². The highest BCUT2D eigenvalue weighted by molar-refractivity contribution is 8.25. The number of likely N-dealkylation sites (tertiary alicyclic amines) is 1. The largest absolute Gasteiger partial charge is 0.357 e. The Morgan fingerprint density at radius 2 is 1.63 bits per heavy atom. The highest BCUT2D eigenvalue weighted by Gasteiger charge is 2.23. The molecule has 1 aliphatic heterocycles. The minimum absolute atomic E-state index is 0.288. The number of aryl methyl sites for hydroxylation is 1. The molecule has 0 spiro atoms. The van der Waals surface area contributed by atoms with Crippen molar-refractivity contribution in [3.63, 3.8) is 0 Å². The Morgan fingerprint density at radius 3 is 2.26 bits per heavy atom. The van der Waals surface area contributed by atoms with Crippen LogP contribution in [0.2, 0.25) is 0 Å². The van der Waals surface area contributed by atoms with Crippen molar-refractivity contribution >= 4 is 43.0 Å². The van der Waals surface area contributed by atoms with E-state index in [2.05, 4.69) is 4.90 Å². The number of hydrogen-bond donors (Lipinski definition) is 0. The molecule has 0 saturated carbocycles. The van der Waals surface area contributed by atoms with Crippen molar-refractivity contribution in [1.29, 1.82) is 0 Å². The fraction of sp³-hybridized carbons (Fsp3) is 0.286. The average molecular weight is 418 g/mol. The van der Waals surface area contributed by atoms with Crippen LogP contribution in [0, 0.1) is 6.92 Å². The van der Waals surface area contributed by atoms with Crippen LogP contribution in [-0.2, 0) is 9.84 Å². The van der Waals surface area contributed by atoms with Crippen molar-refractivity contribution < 1.29 is 8.42 Å². The monoisotopic (exact) mass is 417 g/mol. The average Bonchev–Trinajstić information content (AvgIpc) is 2.69. The number of nitrogens with zero attached hydrogens (tertiary/aromatic N) is 1. The molecule has 0 aliphatic carbocycles. The minimum Gasteiger partial charge on any atom is -0.357 e. The molecule has 3 nitrogen and oxygen atoms in total. The van der Waals surface area contributed by atoms with E-state index < -0.39 is 9.84 Å². The lowest BCUT2D eigenvalue weighted by Gasteiger charge is -2.28. The molecule has 1 fully saturated rings. The first kappa shape index (κ1) is 20.1. The molecule has 0 bridgehead atoms. The summed E-state index contributed by atoms with van der Waals surface area (Å²) < 4.78 is 27.3. The summed E-state index contributed by atoms with van der Waals surface area (Å²) in [6, 6.07) is 16.2. The van der Waals surface area contributed by atoms with Crippen LogP contribution < -0.4 is 0 Å². The predicted octanol–water partition coefficient (Wildman–Crippen LogP) is 5.27. The van der Waals surface area contributed by atoms with Gasteiger partial charge in [0.15, 0.2) is 0 Å². The third-order valence-corrected chi connectivity index (χ3v) is 7.89. The topological polar surface area (TPSA) is 37.4 Å². The Bertz CT molecular complexity index is 914. The Kier molecular flexibility index (Phi) is 6.73. The molecular formula is C21H23NO2S3. The lowest BCUT2D eigenvalue weighted by molar-refractivity contribution is 0.352. The highest BCUT2D eigenvalue weighted by atomic mass is 32.2. The van der Waals surface area contributed by atoms with E-state index in [1.807, 2.05) is 49.4 Å². The summed E-state index contributed by atoms with van der Waals surface area (Å²) >= 11 is 6.88. The fourth-order valence-corrected chi connectivity index (χ4v) is 5.84. The second-order valence-corrected chi connectivity index (χ2v) is 10.0. The molecule has 3 rings (SSSR count). The third kappa shape index (κ3) is 5.00. The van der Waals surface area contributed by atoms with Crippen LogP contribution >= 0.6 is 24.0 Å². The van der Waals surface area contributed by atoms with E-state index >= 15 is 0 Å². The van der Waals surface area contributed by atoms with Gasteiger partial charge in [0, 0.05) is 13.1 Å². The summed E-state index contributed by atoms with van der Waals surface area (Å²) in [6.45, 7) is 3.84. The normalized spacial score (nSPS) is 15.6. The molecule has 1 aliphatic rings. The Labute approximate surface area is 171 Å². The summed E-state index contributed by atoms with van der Waals surface area (Å²) in [7, 11) is -3.64. The van der Waals surface area contributed by atoms with Gasteiger partial charge in [-0.1, -0.05) is 72.0 Å². The fourth-order valence-electron chi connectivity index (χ4n) is 2.99. The zero-order valence-corrected chi connectivity index (χ0v) is 17.7. The van der Waals surface area contributed by atoms with E-state index in [9.17, 15) is 8.42 Å². The molecule has 27 heavy (non-hydrogen) atoms. The van der Waals surface area contributed by atoms with Crippen molar-refractivity contribution in [1.82, 2.24) is 4.90 Å². The molecule has 6 heteroatoms. The van der Waals surface area contributed by atoms with Crippen molar-refractivity contribution in [2.75, 3.05) is 13.1 Å². The minimum atomic E-state index is -3.64. The zero-order valence-electron chi connectivity index (χ0n) is 15.3. The smallest absolute Gasteiger partial charge is 0.207 e. The SMILES string of the molecule is Cc1ccc(S(=O)(=O)/C(=C\SC(=S)N2CCCCC2)c2ccccc2)cc1. The third-order valence-electron chi connectivity index (χ3n) is 4.56. The molecule has 0 aromatic heterocycles. The molecule has 0 N–H and O–H groups in total. The molecule has 0 unspecified atom stereocenters. The lowest BCUT2D eigenvalue weighted by atomic mass is 10.1. The molecule has 1 heterocycles. The predicted molar refractivity (Wildman–Crippen MR) is 118 cm³/mol. The van der Waals surface area contributed by atoms with E-state index in [0.717, 1.165) is 35.8 Å². The number of piperidine rings is 1. The van der Waals surface area contributed by atoms with Crippen LogP contribution in [0.4, 0.5) is 0 Å². The number of sulfone groups is 1. The van der Waals surface area contributed by atoms with Gasteiger partial charge in [0.25, 0.3) is 0 Å². The molecule has 142 valence electrons. The number of benzene rings is 2. The molecule has 2 aromatic carbocycles. The summed E-state index contributed by atoms with van der Waals surface area (Å²) in [6.07, 6.45) is 3.51. The van der Waals surface area contributed by atoms with E-state index in [-0.39, 0.29) is 4.91 Å². The zero-order chi connectivity index (χ0) is 19.3. The van der Waals surface area contributed by atoms with Gasteiger partial charge in [-0.2, -0.15) is 0 Å². The Balaban J connectivity index is 1.93. The van der Waals surface area contributed by atoms with Crippen molar-refractivity contribution in [3.05, 3.63) is 71.1 Å². The van der Waals surface area contributed by atoms with Crippen molar-refractivity contribution in [2.24, 2.45) is 0 Å². The number of rotatable bonds is 4. The maximum Gasteiger partial charge on any atom is 0.207 e. The number of hydrogen-bond acceptors (Lipinski definition) is 4. The van der Waals surface area contributed by atoms with Crippen LogP contribution in [0.25, 0.3) is 4.91 Å². The summed E-state index contributed by atoms with van der Waals surface area (Å²) in [5.41, 5.74) is 1.70. The van der Waals surface area contributed by atoms with Gasteiger partial charge >= 0.3 is 0 Å². The molecule has 0 radical (unpaired) electrons. The van der Waals surface area contributed by atoms with Crippen LogP contribution in [0.5, 0.6) is 0 Å². The van der Waals surface area contributed by atoms with Gasteiger partial charge in [-0.25, -0.2) is 8.42 Å². The summed E-state index contributed by atoms with van der Waals surface area (Å²) in [4.78, 5) is 2.75. The molecule has 1 saturated heterocycles. The first-order chi connectivity index (χ1) is 13.0. The van der Waals surface area contributed by atoms with Crippen molar-refractivity contribution in [2.45, 2.75) is 31.1 Å². The maximum atomic E-state index is 13.3. The van der Waals surface area contributed by atoms with Crippen LogP contribution in [0.15, 0.2) is 64.9 Å². The van der Waals surface area contributed by atoms with Crippen LogP contribution in [0.1, 0.15) is 30.4 Å².